The summed E-state index contributed by atoms with van der Waals surface area (Å²) >= 11 is 0. The van der Waals surface area contributed by atoms with Gasteiger partial charge >= 0.3 is 51.4 Å². The van der Waals surface area contributed by atoms with Crippen LogP contribution < -0.4 is 51.4 Å². The van der Waals surface area contributed by atoms with Crippen LogP contribution in [0.1, 0.15) is 115 Å². The maximum Gasteiger partial charge on any atom is 1.00 e. The van der Waals surface area contributed by atoms with Crippen molar-refractivity contribution in [2.45, 2.75) is 121 Å². The van der Waals surface area contributed by atoms with Crippen LogP contribution in [0.4, 0.5) is 0 Å². The monoisotopic (exact) mass is 498 g/mol. The predicted octanol–water partition coefficient (Wildman–Crippen LogP) is 5.33. The Morgan fingerprint density at radius 2 is 1.15 bits per heavy atom. The van der Waals surface area contributed by atoms with Crippen molar-refractivity contribution in [2.75, 3.05) is 0 Å². The van der Waals surface area contributed by atoms with Gasteiger partial charge in [-0.2, -0.15) is 0 Å². The summed E-state index contributed by atoms with van der Waals surface area (Å²) in [6, 6.07) is 9.48. The molecule has 0 amide bonds. The molecule has 0 bridgehead atoms. The van der Waals surface area contributed by atoms with Crippen LogP contribution in [-0.2, 0) is 23.0 Å². The molecule has 2 aromatic rings. The van der Waals surface area contributed by atoms with Crippen LogP contribution in [0.25, 0.3) is 10.8 Å². The summed E-state index contributed by atoms with van der Waals surface area (Å²) in [7, 11) is -4.49. The molecule has 0 aliphatic heterocycles. The van der Waals surface area contributed by atoms with Crippen LogP contribution in [-0.4, -0.2) is 13.0 Å². The molecule has 5 heteroatoms. The maximum absolute atomic E-state index is 11.9. The van der Waals surface area contributed by atoms with Gasteiger partial charge in [0.2, 0.25) is 0 Å². The Morgan fingerprint density at radius 1 is 0.636 bits per heavy atom. The Bertz CT molecular complexity index is 909. The fraction of sp³-hybridized carbons (Fsp3) is 0.643. The van der Waals surface area contributed by atoms with Crippen molar-refractivity contribution < 1.29 is 64.4 Å². The van der Waals surface area contributed by atoms with Crippen molar-refractivity contribution >= 4 is 20.9 Å². The molecule has 180 valence electrons. The second-order valence-corrected chi connectivity index (χ2v) is 10.6. The number of aryl methyl sites for hydroxylation is 2. The van der Waals surface area contributed by atoms with Gasteiger partial charge in [0.25, 0.3) is 0 Å². The smallest absolute Gasteiger partial charge is 0.744 e. The molecule has 33 heavy (non-hydrogen) atoms. The first kappa shape index (κ1) is 31.3. The molecule has 0 fully saturated rings. The SMILES string of the molecule is CCCCCCCCCc1ccc2c(CCCCCCCCC)ccc(S(=O)(=O)[O-])c2c1.[K+]. The minimum absolute atomic E-state index is 0. The molecule has 0 atom stereocenters. The molecule has 0 aliphatic carbocycles. The molecule has 0 aliphatic rings. The van der Waals surface area contributed by atoms with E-state index in [4.69, 9.17) is 0 Å². The van der Waals surface area contributed by atoms with Crippen LogP contribution in [0.3, 0.4) is 0 Å². The van der Waals surface area contributed by atoms with E-state index in [1.807, 2.05) is 18.2 Å². The first-order chi connectivity index (χ1) is 15.5. The summed E-state index contributed by atoms with van der Waals surface area (Å²) in [5.41, 5.74) is 2.28. The minimum Gasteiger partial charge on any atom is -0.744 e. The Hall–Kier alpha value is 0.246. The normalized spacial score (nSPS) is 11.6. The molecule has 0 saturated heterocycles. The summed E-state index contributed by atoms with van der Waals surface area (Å²) in [4.78, 5) is -0.0720. The van der Waals surface area contributed by atoms with Crippen LogP contribution in [0.2, 0.25) is 0 Å². The molecule has 3 nitrogen and oxygen atoms in total. The molecule has 0 spiro atoms. The quantitative estimate of drug-likeness (QED) is 0.168. The van der Waals surface area contributed by atoms with E-state index in [9.17, 15) is 13.0 Å². The number of benzene rings is 2. The second kappa shape index (κ2) is 17.6. The molecule has 0 N–H and O–H groups in total. The fourth-order valence-corrected chi connectivity index (χ4v) is 5.25. The van der Waals surface area contributed by atoms with Crippen molar-refractivity contribution in [1.82, 2.24) is 0 Å². The molecule has 0 heterocycles. The van der Waals surface area contributed by atoms with Crippen molar-refractivity contribution in [3.05, 3.63) is 41.5 Å². The average Bonchev–Trinajstić information content (AvgIpc) is 2.76. The summed E-state index contributed by atoms with van der Waals surface area (Å²) in [5, 5.41) is 1.54. The van der Waals surface area contributed by atoms with E-state index in [0.717, 1.165) is 42.2 Å². The Labute approximate surface area is 245 Å². The zero-order valence-electron chi connectivity index (χ0n) is 21.3. The third-order valence-electron chi connectivity index (χ3n) is 6.52. The summed E-state index contributed by atoms with van der Waals surface area (Å²) in [6.07, 6.45) is 19.4. The van der Waals surface area contributed by atoms with Gasteiger partial charge in [-0.3, -0.25) is 0 Å². The molecule has 2 rings (SSSR count). The predicted molar refractivity (Wildman–Crippen MR) is 135 cm³/mol. The third kappa shape index (κ3) is 11.7. The molecule has 0 aromatic heterocycles. The maximum atomic E-state index is 11.9. The second-order valence-electron chi connectivity index (χ2n) is 9.30. The molecular formula is C28H43KO3S. The molecular weight excluding hydrogens is 455 g/mol. The molecule has 0 saturated carbocycles. The average molecular weight is 499 g/mol. The summed E-state index contributed by atoms with van der Waals surface area (Å²) < 4.78 is 35.7. The van der Waals surface area contributed by atoms with Gasteiger partial charge in [-0.05, 0) is 59.7 Å². The Kier molecular flexibility index (Phi) is 16.7. The largest absolute Gasteiger partial charge is 1.00 e. The van der Waals surface area contributed by atoms with Crippen molar-refractivity contribution in [2.24, 2.45) is 0 Å². The summed E-state index contributed by atoms with van der Waals surface area (Å²) in [5.74, 6) is 0. The van der Waals surface area contributed by atoms with E-state index in [1.165, 1.54) is 83.1 Å². The first-order valence-corrected chi connectivity index (χ1v) is 14.4. The number of unbranched alkanes of at least 4 members (excludes halogenated alkanes) is 12. The molecule has 0 unspecified atom stereocenters. The topological polar surface area (TPSA) is 57.2 Å². The van der Waals surface area contributed by atoms with Crippen molar-refractivity contribution in [3.8, 4) is 0 Å². The van der Waals surface area contributed by atoms with Gasteiger partial charge in [0, 0.05) is 0 Å². The standard InChI is InChI=1S/C28H44O3S.K/c1-3-5-7-9-11-13-15-17-24-19-21-26-25(18-16-14-12-10-8-6-4-2)20-22-28(27(26)23-24)32(29,30)31;/h19-23H,3-18H2,1-2H3,(H,29,30,31);/q;+1/p-1. The number of fused-ring (bicyclic) bond motifs is 1. The Balaban J connectivity index is 0.00000544. The van der Waals surface area contributed by atoms with Crippen molar-refractivity contribution in [1.29, 1.82) is 0 Å². The number of hydrogen-bond acceptors (Lipinski definition) is 3. The van der Waals surface area contributed by atoms with E-state index in [2.05, 4.69) is 19.9 Å². The zero-order chi connectivity index (χ0) is 23.2. The van der Waals surface area contributed by atoms with Gasteiger partial charge in [-0.25, -0.2) is 8.42 Å². The van der Waals surface area contributed by atoms with E-state index in [1.54, 1.807) is 0 Å². The van der Waals surface area contributed by atoms with E-state index >= 15 is 0 Å². The first-order valence-electron chi connectivity index (χ1n) is 13.0. The van der Waals surface area contributed by atoms with Crippen LogP contribution in [0.15, 0.2) is 35.2 Å². The fourth-order valence-electron chi connectivity index (χ4n) is 4.58. The van der Waals surface area contributed by atoms with Gasteiger partial charge < -0.3 is 4.55 Å². The van der Waals surface area contributed by atoms with Crippen molar-refractivity contribution in [3.63, 3.8) is 0 Å². The molecule has 2 aromatic carbocycles. The van der Waals surface area contributed by atoms with Crippen LogP contribution in [0, 0.1) is 0 Å². The van der Waals surface area contributed by atoms with E-state index < -0.39 is 10.1 Å². The van der Waals surface area contributed by atoms with Gasteiger partial charge in [-0.1, -0.05) is 109 Å². The third-order valence-corrected chi connectivity index (χ3v) is 7.41. The number of rotatable bonds is 17. The summed E-state index contributed by atoms with van der Waals surface area (Å²) in [6.45, 7) is 4.47. The van der Waals surface area contributed by atoms with Gasteiger partial charge in [0.1, 0.15) is 10.1 Å². The van der Waals surface area contributed by atoms with Gasteiger partial charge in [-0.15, -0.1) is 0 Å². The van der Waals surface area contributed by atoms with Crippen LogP contribution >= 0.6 is 0 Å². The number of hydrogen-bond donors (Lipinski definition) is 0. The molecule has 0 radical (unpaired) electrons. The van der Waals surface area contributed by atoms with Crippen LogP contribution in [0.5, 0.6) is 0 Å². The van der Waals surface area contributed by atoms with Gasteiger partial charge in [0.05, 0.1) is 4.90 Å². The van der Waals surface area contributed by atoms with E-state index in [-0.39, 0.29) is 56.3 Å². The van der Waals surface area contributed by atoms with Gasteiger partial charge in [0.15, 0.2) is 0 Å². The Morgan fingerprint density at radius 3 is 1.70 bits per heavy atom. The minimum atomic E-state index is -4.49. The van der Waals surface area contributed by atoms with E-state index in [0.29, 0.717) is 5.39 Å². The zero-order valence-corrected chi connectivity index (χ0v) is 25.3.